The van der Waals surface area contributed by atoms with E-state index in [1.54, 1.807) is 6.92 Å². The first-order valence-corrected chi connectivity index (χ1v) is 6.16. The molecular weight excluding hydrogens is 214 g/mol. The summed E-state index contributed by atoms with van der Waals surface area (Å²) in [6.45, 7) is 4.60. The van der Waals surface area contributed by atoms with Gasteiger partial charge in [-0.05, 0) is 12.8 Å². The van der Waals surface area contributed by atoms with Crippen LogP contribution in [0.2, 0.25) is 0 Å². The molecule has 0 aromatic rings. The van der Waals surface area contributed by atoms with Crippen molar-refractivity contribution in [3.63, 3.8) is 0 Å². The van der Waals surface area contributed by atoms with E-state index >= 15 is 0 Å². The molecule has 0 aromatic heterocycles. The Bertz CT molecular complexity index is 299. The molecule has 16 heavy (non-hydrogen) atoms. The summed E-state index contributed by atoms with van der Waals surface area (Å²) < 4.78 is 39.4. The number of fused-ring (bicyclic) bond motifs is 2. The molecule has 4 heteroatoms. The van der Waals surface area contributed by atoms with Crippen LogP contribution in [0.1, 0.15) is 26.7 Å². The van der Waals surface area contributed by atoms with Gasteiger partial charge in [-0.15, -0.1) is 0 Å². The lowest BCUT2D eigenvalue weighted by Crippen LogP contribution is -2.69. The number of ether oxygens (including phenoxy) is 2. The second kappa shape index (κ2) is 3.16. The zero-order valence-corrected chi connectivity index (χ0v) is 9.71. The molecule has 3 aliphatic rings. The minimum Gasteiger partial charge on any atom is -0.347 e. The van der Waals surface area contributed by atoms with E-state index in [-0.39, 0.29) is 11.8 Å². The molecule has 0 radical (unpaired) electrons. The third kappa shape index (κ3) is 1.07. The quantitative estimate of drug-likeness (QED) is 0.639. The lowest BCUT2D eigenvalue weighted by atomic mass is 9.51. The molecule has 1 saturated heterocycles. The molecule has 4 atom stereocenters. The predicted molar refractivity (Wildman–Crippen MR) is 54.1 cm³/mol. The Labute approximate surface area is 94.3 Å². The molecule has 1 spiro atoms. The molecule has 2 aliphatic carbocycles. The summed E-state index contributed by atoms with van der Waals surface area (Å²) in [7, 11) is 0. The molecule has 2 nitrogen and oxygen atoms in total. The second-order valence-electron chi connectivity index (χ2n) is 5.49. The Morgan fingerprint density at radius 3 is 2.31 bits per heavy atom. The van der Waals surface area contributed by atoms with Gasteiger partial charge in [-0.25, -0.2) is 8.78 Å². The second-order valence-corrected chi connectivity index (χ2v) is 5.49. The molecule has 3 rings (SSSR count). The van der Waals surface area contributed by atoms with Crippen LogP contribution in [0.5, 0.6) is 0 Å². The van der Waals surface area contributed by atoms with Crippen LogP contribution >= 0.6 is 0 Å². The van der Waals surface area contributed by atoms with Gasteiger partial charge in [0, 0.05) is 23.7 Å². The standard InChI is InChI=1S/C12H18F2O2/c1-7-3-4-9-10(11(7,13)14)8(2)12(9)15-5-6-16-12/h7-10H,3-6H2,1-2H3/t7-,8-,9+,10+/m1/s1. The Balaban J connectivity index is 1.88. The van der Waals surface area contributed by atoms with Gasteiger partial charge >= 0.3 is 0 Å². The maximum atomic E-state index is 14.1. The van der Waals surface area contributed by atoms with Crippen molar-refractivity contribution in [2.24, 2.45) is 23.7 Å². The molecule has 1 aliphatic heterocycles. The lowest BCUT2D eigenvalue weighted by Gasteiger charge is -2.61. The third-order valence-electron chi connectivity index (χ3n) is 4.87. The number of rotatable bonds is 0. The zero-order valence-electron chi connectivity index (χ0n) is 9.71. The van der Waals surface area contributed by atoms with Crippen LogP contribution < -0.4 is 0 Å². The van der Waals surface area contributed by atoms with Crippen molar-refractivity contribution in [1.29, 1.82) is 0 Å². The van der Waals surface area contributed by atoms with Gasteiger partial charge in [0.05, 0.1) is 13.2 Å². The minimum absolute atomic E-state index is 0.101. The predicted octanol–water partition coefficient (Wildman–Crippen LogP) is 2.68. The fourth-order valence-corrected chi connectivity index (χ4v) is 3.92. The Morgan fingerprint density at radius 1 is 1.06 bits per heavy atom. The summed E-state index contributed by atoms with van der Waals surface area (Å²) >= 11 is 0. The first-order chi connectivity index (χ1) is 7.50. The normalized spacial score (nSPS) is 48.8. The first kappa shape index (κ1) is 10.9. The van der Waals surface area contributed by atoms with Gasteiger partial charge in [0.1, 0.15) is 0 Å². The molecule has 0 amide bonds. The molecule has 3 fully saturated rings. The lowest BCUT2D eigenvalue weighted by molar-refractivity contribution is -0.369. The van der Waals surface area contributed by atoms with E-state index in [0.717, 1.165) is 6.42 Å². The summed E-state index contributed by atoms with van der Waals surface area (Å²) in [5.74, 6) is -4.56. The third-order valence-corrected chi connectivity index (χ3v) is 4.87. The Kier molecular flexibility index (Phi) is 2.16. The van der Waals surface area contributed by atoms with Gasteiger partial charge in [-0.2, -0.15) is 0 Å². The van der Waals surface area contributed by atoms with Gasteiger partial charge < -0.3 is 9.47 Å². The van der Waals surface area contributed by atoms with Crippen LogP contribution in [0.3, 0.4) is 0 Å². The van der Waals surface area contributed by atoms with Crippen LogP contribution in [-0.2, 0) is 9.47 Å². The van der Waals surface area contributed by atoms with Crippen molar-refractivity contribution < 1.29 is 18.3 Å². The number of alkyl halides is 2. The molecule has 1 heterocycles. The molecule has 0 N–H and O–H groups in total. The number of hydrogen-bond acceptors (Lipinski definition) is 2. The van der Waals surface area contributed by atoms with Gasteiger partial charge in [0.25, 0.3) is 5.92 Å². The largest absolute Gasteiger partial charge is 0.347 e. The molecule has 0 aromatic carbocycles. The fourth-order valence-electron chi connectivity index (χ4n) is 3.92. The maximum Gasteiger partial charge on any atom is 0.254 e. The SMILES string of the molecule is C[C@@H]1CC[C@H]2[C@H]([C@@H](C)C23OCCO3)C1(F)F. The summed E-state index contributed by atoms with van der Waals surface area (Å²) in [4.78, 5) is 0. The van der Waals surface area contributed by atoms with Gasteiger partial charge in [0.15, 0.2) is 5.79 Å². The summed E-state index contributed by atoms with van der Waals surface area (Å²) in [5.41, 5.74) is 0. The number of halogens is 2. The first-order valence-electron chi connectivity index (χ1n) is 6.16. The maximum absolute atomic E-state index is 14.1. The van der Waals surface area contributed by atoms with Crippen LogP contribution in [-0.4, -0.2) is 24.9 Å². The van der Waals surface area contributed by atoms with Gasteiger partial charge in [-0.3, -0.25) is 0 Å². The highest BCUT2D eigenvalue weighted by molar-refractivity contribution is 5.12. The summed E-state index contributed by atoms with van der Waals surface area (Å²) in [6.07, 6.45) is 1.39. The van der Waals surface area contributed by atoms with E-state index < -0.39 is 23.5 Å². The molecule has 0 bridgehead atoms. The van der Waals surface area contributed by atoms with E-state index in [9.17, 15) is 8.78 Å². The smallest absolute Gasteiger partial charge is 0.254 e. The number of hydrogen-bond donors (Lipinski definition) is 0. The van der Waals surface area contributed by atoms with Crippen LogP contribution in [0.25, 0.3) is 0 Å². The highest BCUT2D eigenvalue weighted by atomic mass is 19.3. The van der Waals surface area contributed by atoms with Crippen molar-refractivity contribution in [3.05, 3.63) is 0 Å². The fraction of sp³-hybridized carbons (Fsp3) is 1.00. The molecule has 2 saturated carbocycles. The van der Waals surface area contributed by atoms with Crippen molar-refractivity contribution >= 4 is 0 Å². The van der Waals surface area contributed by atoms with Crippen molar-refractivity contribution in [1.82, 2.24) is 0 Å². The van der Waals surface area contributed by atoms with Crippen molar-refractivity contribution in [2.45, 2.75) is 38.4 Å². The van der Waals surface area contributed by atoms with E-state index in [0.29, 0.717) is 19.6 Å². The average Bonchev–Trinajstić information content (AvgIpc) is 2.72. The topological polar surface area (TPSA) is 18.5 Å². The average molecular weight is 232 g/mol. The van der Waals surface area contributed by atoms with Gasteiger partial charge in [-0.1, -0.05) is 13.8 Å². The van der Waals surface area contributed by atoms with Crippen molar-refractivity contribution in [2.75, 3.05) is 13.2 Å². The Hall–Kier alpha value is -0.220. The van der Waals surface area contributed by atoms with E-state index in [2.05, 4.69) is 0 Å². The highest BCUT2D eigenvalue weighted by Gasteiger charge is 2.72. The van der Waals surface area contributed by atoms with E-state index in [1.165, 1.54) is 0 Å². The summed E-state index contributed by atoms with van der Waals surface area (Å²) in [6, 6.07) is 0. The Morgan fingerprint density at radius 2 is 1.69 bits per heavy atom. The summed E-state index contributed by atoms with van der Waals surface area (Å²) in [5, 5.41) is 0. The van der Waals surface area contributed by atoms with E-state index in [1.807, 2.05) is 6.92 Å². The van der Waals surface area contributed by atoms with Gasteiger partial charge in [0.2, 0.25) is 0 Å². The monoisotopic (exact) mass is 232 g/mol. The molecule has 92 valence electrons. The molecular formula is C12H18F2O2. The highest BCUT2D eigenvalue weighted by Crippen LogP contribution is 2.65. The van der Waals surface area contributed by atoms with Crippen LogP contribution in [0.4, 0.5) is 8.78 Å². The van der Waals surface area contributed by atoms with Crippen LogP contribution in [0, 0.1) is 23.7 Å². The van der Waals surface area contributed by atoms with E-state index in [4.69, 9.17) is 9.47 Å². The van der Waals surface area contributed by atoms with Crippen molar-refractivity contribution in [3.8, 4) is 0 Å². The molecule has 0 unspecified atom stereocenters. The minimum atomic E-state index is -2.55. The zero-order chi connectivity index (χ0) is 11.6. The van der Waals surface area contributed by atoms with Crippen LogP contribution in [0.15, 0.2) is 0 Å².